The predicted octanol–water partition coefficient (Wildman–Crippen LogP) is 1.69. The van der Waals surface area contributed by atoms with Crippen LogP contribution in [0.5, 0.6) is 0 Å². The standard InChI is InChI=1S/C12H23N5/c1-9(2)6-14-10-5-11(16-8-15-10)17-12(3,4)7-13/h5,8-9H,6-7,13H2,1-4H3,(H2,14,15,16,17). The minimum Gasteiger partial charge on any atom is -0.370 e. The van der Waals surface area contributed by atoms with E-state index in [9.17, 15) is 0 Å². The van der Waals surface area contributed by atoms with Gasteiger partial charge in [0.1, 0.15) is 18.0 Å². The van der Waals surface area contributed by atoms with Crippen molar-refractivity contribution in [3.8, 4) is 0 Å². The zero-order valence-electron chi connectivity index (χ0n) is 11.1. The second-order valence-corrected chi connectivity index (χ2v) is 5.28. The highest BCUT2D eigenvalue weighted by Gasteiger charge is 2.15. The third kappa shape index (κ3) is 4.99. The summed E-state index contributed by atoms with van der Waals surface area (Å²) in [5.41, 5.74) is 5.51. The van der Waals surface area contributed by atoms with Crippen LogP contribution in [0.15, 0.2) is 12.4 Å². The molecule has 4 N–H and O–H groups in total. The Morgan fingerprint density at radius 3 is 2.53 bits per heavy atom. The predicted molar refractivity (Wildman–Crippen MR) is 72.1 cm³/mol. The summed E-state index contributed by atoms with van der Waals surface area (Å²) in [6.45, 7) is 9.84. The van der Waals surface area contributed by atoms with Gasteiger partial charge in [0.05, 0.1) is 0 Å². The van der Waals surface area contributed by atoms with Crippen molar-refractivity contribution in [2.75, 3.05) is 23.7 Å². The Morgan fingerprint density at radius 1 is 1.29 bits per heavy atom. The number of aromatic nitrogens is 2. The highest BCUT2D eigenvalue weighted by Crippen LogP contribution is 2.14. The van der Waals surface area contributed by atoms with Crippen LogP contribution in [0.3, 0.4) is 0 Å². The molecule has 0 fully saturated rings. The minimum absolute atomic E-state index is 0.163. The maximum absolute atomic E-state index is 5.67. The first-order chi connectivity index (χ1) is 7.93. The van der Waals surface area contributed by atoms with E-state index in [2.05, 4.69) is 34.4 Å². The van der Waals surface area contributed by atoms with Crippen molar-refractivity contribution in [2.45, 2.75) is 33.2 Å². The van der Waals surface area contributed by atoms with E-state index >= 15 is 0 Å². The maximum Gasteiger partial charge on any atom is 0.131 e. The molecule has 0 aliphatic rings. The normalized spacial score (nSPS) is 11.6. The maximum atomic E-state index is 5.67. The van der Waals surface area contributed by atoms with E-state index < -0.39 is 0 Å². The highest BCUT2D eigenvalue weighted by molar-refractivity contribution is 5.47. The summed E-state index contributed by atoms with van der Waals surface area (Å²) in [7, 11) is 0. The van der Waals surface area contributed by atoms with Crippen LogP contribution < -0.4 is 16.4 Å². The minimum atomic E-state index is -0.163. The Bertz CT molecular complexity index is 349. The number of hydrogen-bond acceptors (Lipinski definition) is 5. The molecule has 0 atom stereocenters. The van der Waals surface area contributed by atoms with E-state index in [1.54, 1.807) is 6.33 Å². The van der Waals surface area contributed by atoms with Gasteiger partial charge in [0.15, 0.2) is 0 Å². The average Bonchev–Trinajstić information content (AvgIpc) is 2.26. The Hall–Kier alpha value is -1.36. The summed E-state index contributed by atoms with van der Waals surface area (Å²) in [4.78, 5) is 8.36. The van der Waals surface area contributed by atoms with Crippen LogP contribution in [0.1, 0.15) is 27.7 Å². The van der Waals surface area contributed by atoms with Gasteiger partial charge in [-0.25, -0.2) is 9.97 Å². The van der Waals surface area contributed by atoms with Crippen LogP contribution in [0.4, 0.5) is 11.6 Å². The van der Waals surface area contributed by atoms with Crippen molar-refractivity contribution in [1.29, 1.82) is 0 Å². The molecule has 0 amide bonds. The van der Waals surface area contributed by atoms with Gasteiger partial charge in [0, 0.05) is 24.7 Å². The number of nitrogens with one attached hydrogen (secondary N) is 2. The lowest BCUT2D eigenvalue weighted by molar-refractivity contribution is 0.577. The van der Waals surface area contributed by atoms with Crippen molar-refractivity contribution in [3.05, 3.63) is 12.4 Å². The molecule has 96 valence electrons. The molecule has 17 heavy (non-hydrogen) atoms. The van der Waals surface area contributed by atoms with E-state index in [0.29, 0.717) is 12.5 Å². The van der Waals surface area contributed by atoms with E-state index in [1.165, 1.54) is 0 Å². The Labute approximate surface area is 103 Å². The lowest BCUT2D eigenvalue weighted by atomic mass is 10.1. The fourth-order valence-electron chi connectivity index (χ4n) is 1.23. The van der Waals surface area contributed by atoms with Gasteiger partial charge in [0.25, 0.3) is 0 Å². The number of hydrogen-bond donors (Lipinski definition) is 3. The molecule has 0 unspecified atom stereocenters. The van der Waals surface area contributed by atoms with Gasteiger partial charge in [0.2, 0.25) is 0 Å². The van der Waals surface area contributed by atoms with Gasteiger partial charge in [-0.2, -0.15) is 0 Å². The zero-order chi connectivity index (χ0) is 12.9. The first-order valence-electron chi connectivity index (χ1n) is 5.97. The number of anilines is 2. The van der Waals surface area contributed by atoms with Gasteiger partial charge in [-0.05, 0) is 19.8 Å². The van der Waals surface area contributed by atoms with Crippen LogP contribution in [0.25, 0.3) is 0 Å². The van der Waals surface area contributed by atoms with E-state index in [0.717, 1.165) is 18.2 Å². The monoisotopic (exact) mass is 237 g/mol. The molecule has 0 bridgehead atoms. The molecule has 1 aromatic rings. The van der Waals surface area contributed by atoms with E-state index in [4.69, 9.17) is 5.73 Å². The topological polar surface area (TPSA) is 75.9 Å². The fourth-order valence-corrected chi connectivity index (χ4v) is 1.23. The molecule has 0 saturated heterocycles. The summed E-state index contributed by atoms with van der Waals surface area (Å²) < 4.78 is 0. The largest absolute Gasteiger partial charge is 0.370 e. The van der Waals surface area contributed by atoms with Crippen molar-refractivity contribution in [1.82, 2.24) is 9.97 Å². The van der Waals surface area contributed by atoms with Crippen LogP contribution in [-0.2, 0) is 0 Å². The molecule has 1 rings (SSSR count). The fraction of sp³-hybridized carbons (Fsp3) is 0.667. The molecule has 5 nitrogen and oxygen atoms in total. The molecule has 0 aliphatic heterocycles. The first-order valence-corrected chi connectivity index (χ1v) is 5.97. The van der Waals surface area contributed by atoms with Gasteiger partial charge in [-0.3, -0.25) is 0 Å². The van der Waals surface area contributed by atoms with E-state index in [-0.39, 0.29) is 5.54 Å². The van der Waals surface area contributed by atoms with E-state index in [1.807, 2.05) is 19.9 Å². The van der Waals surface area contributed by atoms with Crippen LogP contribution in [-0.4, -0.2) is 28.6 Å². The van der Waals surface area contributed by atoms with Gasteiger partial charge >= 0.3 is 0 Å². The molecule has 5 heteroatoms. The summed E-state index contributed by atoms with van der Waals surface area (Å²) >= 11 is 0. The average molecular weight is 237 g/mol. The summed E-state index contributed by atoms with van der Waals surface area (Å²) in [5.74, 6) is 2.22. The van der Waals surface area contributed by atoms with Crippen molar-refractivity contribution < 1.29 is 0 Å². The molecule has 0 radical (unpaired) electrons. The van der Waals surface area contributed by atoms with Gasteiger partial charge in [-0.1, -0.05) is 13.8 Å². The smallest absolute Gasteiger partial charge is 0.131 e. The molecule has 0 saturated carbocycles. The zero-order valence-corrected chi connectivity index (χ0v) is 11.1. The van der Waals surface area contributed by atoms with Crippen molar-refractivity contribution in [3.63, 3.8) is 0 Å². The number of rotatable bonds is 6. The van der Waals surface area contributed by atoms with Crippen LogP contribution >= 0.6 is 0 Å². The molecule has 0 aliphatic carbocycles. The first kappa shape index (κ1) is 13.7. The van der Waals surface area contributed by atoms with Gasteiger partial charge in [-0.15, -0.1) is 0 Å². The number of nitrogens with two attached hydrogens (primary N) is 1. The SMILES string of the molecule is CC(C)CNc1cc(NC(C)(C)CN)ncn1. The third-order valence-corrected chi connectivity index (χ3v) is 2.34. The molecule has 0 spiro atoms. The Morgan fingerprint density at radius 2 is 1.94 bits per heavy atom. The lowest BCUT2D eigenvalue weighted by Gasteiger charge is -2.24. The molecule has 0 aromatic carbocycles. The van der Waals surface area contributed by atoms with Crippen molar-refractivity contribution >= 4 is 11.6 Å². The van der Waals surface area contributed by atoms with Gasteiger partial charge < -0.3 is 16.4 Å². The number of nitrogens with zero attached hydrogens (tertiary/aromatic N) is 2. The lowest BCUT2D eigenvalue weighted by Crippen LogP contribution is -2.39. The molecular formula is C12H23N5. The molecule has 1 aromatic heterocycles. The Kier molecular flexibility index (Phi) is 4.69. The molecule has 1 heterocycles. The molecular weight excluding hydrogens is 214 g/mol. The summed E-state index contributed by atoms with van der Waals surface area (Å²) in [6.07, 6.45) is 1.55. The summed E-state index contributed by atoms with van der Waals surface area (Å²) in [5, 5.41) is 6.55. The van der Waals surface area contributed by atoms with Crippen LogP contribution in [0, 0.1) is 5.92 Å². The van der Waals surface area contributed by atoms with Crippen molar-refractivity contribution in [2.24, 2.45) is 11.7 Å². The second-order valence-electron chi connectivity index (χ2n) is 5.28. The quantitative estimate of drug-likeness (QED) is 0.702. The highest BCUT2D eigenvalue weighted by atomic mass is 15.1. The van der Waals surface area contributed by atoms with Crippen LogP contribution in [0.2, 0.25) is 0 Å². The Balaban J connectivity index is 2.66. The second kappa shape index (κ2) is 5.82. The summed E-state index contributed by atoms with van der Waals surface area (Å²) in [6, 6.07) is 1.90. The third-order valence-electron chi connectivity index (χ3n) is 2.34.